The Morgan fingerprint density at radius 2 is 1.84 bits per heavy atom. The van der Waals surface area contributed by atoms with E-state index >= 15 is 0 Å². The second kappa shape index (κ2) is 17.5. The van der Waals surface area contributed by atoms with E-state index in [-0.39, 0.29) is 18.7 Å². The van der Waals surface area contributed by atoms with E-state index in [9.17, 15) is 19.2 Å². The first kappa shape index (κ1) is 34.7. The number of carboxylic acid groups (broad SMARTS) is 1. The van der Waals surface area contributed by atoms with Gasteiger partial charge in [0.2, 0.25) is 11.8 Å². The predicted molar refractivity (Wildman–Crippen MR) is 176 cm³/mol. The van der Waals surface area contributed by atoms with Gasteiger partial charge in [-0.05, 0) is 61.8 Å². The molecule has 1 saturated heterocycles. The number of amides is 3. The number of pyridine rings is 1. The number of carboxylic acids is 1. The number of aliphatic carboxylic acids is 1. The van der Waals surface area contributed by atoms with E-state index in [4.69, 9.17) is 5.11 Å². The van der Waals surface area contributed by atoms with Gasteiger partial charge in [-0.2, -0.15) is 0 Å². The summed E-state index contributed by atoms with van der Waals surface area (Å²) in [5.41, 5.74) is 5.85. The number of carbonyl (C=O) groups is 4. The zero-order valence-electron chi connectivity index (χ0n) is 26.2. The molecule has 3 unspecified atom stereocenters. The highest BCUT2D eigenvalue weighted by molar-refractivity contribution is 5.92. The first-order valence-electron chi connectivity index (χ1n) is 15.2. The van der Waals surface area contributed by atoms with Crippen LogP contribution in [0.5, 0.6) is 0 Å². The number of carbonyl (C=O) groups excluding carboxylic acids is 3. The fraction of sp³-hybridized carbons (Fsp3) is 0.343. The number of hydrogen-bond donors (Lipinski definition) is 4. The van der Waals surface area contributed by atoms with Crippen LogP contribution >= 0.6 is 0 Å². The van der Waals surface area contributed by atoms with Gasteiger partial charge in [0.15, 0.2) is 0 Å². The Hall–Kier alpha value is -4.83. The zero-order chi connectivity index (χ0) is 32.8. The zero-order valence-corrected chi connectivity index (χ0v) is 26.2. The molecule has 10 heteroatoms. The number of rotatable bonds is 11. The molecule has 4 N–H and O–H groups in total. The van der Waals surface area contributed by atoms with E-state index in [0.29, 0.717) is 19.4 Å². The summed E-state index contributed by atoms with van der Waals surface area (Å²) in [6, 6.07) is 15.2. The number of hydrazine groups is 1. The Labute approximate surface area is 264 Å². The summed E-state index contributed by atoms with van der Waals surface area (Å²) in [7, 11) is 0. The molecule has 238 valence electrons. The topological polar surface area (TPSA) is 141 Å². The fourth-order valence-electron chi connectivity index (χ4n) is 4.81. The molecule has 0 radical (unpaired) electrons. The standard InChI is InChI=1S/C22H30N4O5.C13H13N/c1-3-4-12-19(27)24-18(14-16-9-6-5-7-10-16)20(28)23-15(2)21(29)26-13-8-11-17(25-26)22(30)31;1-3-10-5-6-11-9-14-13(4-2)8-12(11)7-10/h3-7,9-10,15,17-18,25H,8,11-14H2,1-2H3,(H,23,28)(H,24,27)(H,30,31);4-9H,2-3H2,1H3/b4-3+;. The molecule has 0 bridgehead atoms. The van der Waals surface area contributed by atoms with Crippen molar-refractivity contribution in [3.05, 3.63) is 96.3 Å². The Kier molecular flexibility index (Phi) is 13.4. The number of nitrogens with zero attached hydrogens (tertiary/aromatic N) is 2. The molecule has 3 amide bonds. The van der Waals surface area contributed by atoms with Crippen molar-refractivity contribution < 1.29 is 24.3 Å². The summed E-state index contributed by atoms with van der Waals surface area (Å²) in [6.07, 6.45) is 9.59. The highest BCUT2D eigenvalue weighted by Crippen LogP contribution is 2.17. The van der Waals surface area contributed by atoms with E-state index in [0.717, 1.165) is 17.7 Å². The van der Waals surface area contributed by atoms with Crippen molar-refractivity contribution in [2.45, 2.75) is 71.0 Å². The molecule has 45 heavy (non-hydrogen) atoms. The highest BCUT2D eigenvalue weighted by Gasteiger charge is 2.31. The Balaban J connectivity index is 0.000000325. The van der Waals surface area contributed by atoms with Crippen molar-refractivity contribution in [3.63, 3.8) is 0 Å². The smallest absolute Gasteiger partial charge is 0.322 e. The summed E-state index contributed by atoms with van der Waals surface area (Å²) in [5.74, 6) is -2.24. The molecule has 10 nitrogen and oxygen atoms in total. The molecular weight excluding hydrogens is 570 g/mol. The lowest BCUT2D eigenvalue weighted by Crippen LogP contribution is -2.60. The minimum absolute atomic E-state index is 0.151. The molecule has 1 fully saturated rings. The number of aromatic nitrogens is 1. The van der Waals surface area contributed by atoms with Gasteiger partial charge < -0.3 is 15.7 Å². The Bertz CT molecular complexity index is 1510. The van der Waals surface area contributed by atoms with Gasteiger partial charge >= 0.3 is 5.97 Å². The molecule has 1 aliphatic heterocycles. The number of benzene rings is 2. The van der Waals surface area contributed by atoms with Crippen LogP contribution in [-0.2, 0) is 32.0 Å². The summed E-state index contributed by atoms with van der Waals surface area (Å²) in [4.78, 5) is 53.3. The van der Waals surface area contributed by atoms with Gasteiger partial charge in [0.05, 0.1) is 5.69 Å². The number of nitrogens with one attached hydrogen (secondary N) is 3. The van der Waals surface area contributed by atoms with Crippen molar-refractivity contribution in [3.8, 4) is 0 Å². The van der Waals surface area contributed by atoms with Gasteiger partial charge in [0, 0.05) is 31.0 Å². The Morgan fingerprint density at radius 3 is 2.51 bits per heavy atom. The molecular formula is C35H43N5O5. The second-order valence-electron chi connectivity index (χ2n) is 10.8. The molecule has 2 heterocycles. The van der Waals surface area contributed by atoms with E-state index < -0.39 is 35.9 Å². The number of fused-ring (bicyclic) bond motifs is 1. The van der Waals surface area contributed by atoms with Gasteiger partial charge in [-0.15, -0.1) is 0 Å². The van der Waals surface area contributed by atoms with Crippen molar-refractivity contribution in [2.24, 2.45) is 0 Å². The fourth-order valence-corrected chi connectivity index (χ4v) is 4.81. The first-order chi connectivity index (χ1) is 21.6. The molecule has 3 aromatic rings. The second-order valence-corrected chi connectivity index (χ2v) is 10.8. The van der Waals surface area contributed by atoms with Crippen LogP contribution in [0.15, 0.2) is 79.5 Å². The van der Waals surface area contributed by atoms with Crippen molar-refractivity contribution in [1.82, 2.24) is 26.1 Å². The lowest BCUT2D eigenvalue weighted by Gasteiger charge is -2.33. The molecule has 0 saturated carbocycles. The molecule has 2 aromatic carbocycles. The maximum Gasteiger partial charge on any atom is 0.322 e. The number of hydrogen-bond acceptors (Lipinski definition) is 6. The predicted octanol–water partition coefficient (Wildman–Crippen LogP) is 4.21. The minimum atomic E-state index is -1.03. The summed E-state index contributed by atoms with van der Waals surface area (Å²) < 4.78 is 0. The van der Waals surface area contributed by atoms with Gasteiger partial charge in [-0.25, -0.2) is 5.43 Å². The van der Waals surface area contributed by atoms with Crippen molar-refractivity contribution in [1.29, 1.82) is 0 Å². The molecule has 4 rings (SSSR count). The molecule has 1 aliphatic rings. The summed E-state index contributed by atoms with van der Waals surface area (Å²) in [6.45, 7) is 9.58. The van der Waals surface area contributed by atoms with Crippen molar-refractivity contribution in [2.75, 3.05) is 6.54 Å². The van der Waals surface area contributed by atoms with E-state index in [1.165, 1.54) is 28.3 Å². The lowest BCUT2D eigenvalue weighted by molar-refractivity contribution is -0.148. The number of aryl methyl sites for hydroxylation is 1. The number of allylic oxidation sites excluding steroid dienone is 1. The first-order valence-corrected chi connectivity index (χ1v) is 15.2. The van der Waals surface area contributed by atoms with Gasteiger partial charge in [0.1, 0.15) is 18.1 Å². The van der Waals surface area contributed by atoms with Crippen LogP contribution in [0.1, 0.15) is 56.9 Å². The molecule has 0 aliphatic carbocycles. The van der Waals surface area contributed by atoms with E-state index in [1.807, 2.05) is 36.5 Å². The lowest BCUT2D eigenvalue weighted by atomic mass is 10.0. The monoisotopic (exact) mass is 613 g/mol. The third-order valence-electron chi connectivity index (χ3n) is 7.38. The summed E-state index contributed by atoms with van der Waals surface area (Å²) >= 11 is 0. The SMILES string of the molecule is C/C=C/CC(=O)NC(Cc1ccccc1)C(=O)NC(C)C(=O)N1CCCC(C(=O)O)N1.C=Cc1cc2cc(CC)ccc2cn1. The quantitative estimate of drug-likeness (QED) is 0.238. The minimum Gasteiger partial charge on any atom is -0.480 e. The molecule has 0 spiro atoms. The van der Waals surface area contributed by atoms with Crippen LogP contribution in [0, 0.1) is 0 Å². The van der Waals surface area contributed by atoms with Crippen LogP contribution in [0.4, 0.5) is 0 Å². The maximum absolute atomic E-state index is 12.9. The van der Waals surface area contributed by atoms with Crippen LogP contribution in [0.3, 0.4) is 0 Å². The molecule has 3 atom stereocenters. The van der Waals surface area contributed by atoms with Crippen LogP contribution < -0.4 is 16.1 Å². The van der Waals surface area contributed by atoms with Crippen LogP contribution in [0.25, 0.3) is 16.8 Å². The average molecular weight is 614 g/mol. The van der Waals surface area contributed by atoms with Crippen molar-refractivity contribution >= 4 is 40.5 Å². The van der Waals surface area contributed by atoms with Crippen LogP contribution in [-0.4, -0.2) is 63.5 Å². The maximum atomic E-state index is 12.9. The third kappa shape index (κ3) is 10.7. The van der Waals surface area contributed by atoms with Gasteiger partial charge in [-0.1, -0.05) is 74.2 Å². The Morgan fingerprint density at radius 1 is 1.09 bits per heavy atom. The third-order valence-corrected chi connectivity index (χ3v) is 7.38. The van der Waals surface area contributed by atoms with E-state index in [1.54, 1.807) is 25.2 Å². The average Bonchev–Trinajstić information content (AvgIpc) is 3.06. The van der Waals surface area contributed by atoms with Gasteiger partial charge in [0.25, 0.3) is 5.91 Å². The van der Waals surface area contributed by atoms with Gasteiger partial charge in [-0.3, -0.25) is 29.2 Å². The molecule has 1 aromatic heterocycles. The highest BCUT2D eigenvalue weighted by atomic mass is 16.4. The normalized spacial score (nSPS) is 15.8. The van der Waals surface area contributed by atoms with E-state index in [2.05, 4.69) is 58.8 Å². The largest absolute Gasteiger partial charge is 0.480 e. The summed E-state index contributed by atoms with van der Waals surface area (Å²) in [5, 5.41) is 18.2. The van der Waals surface area contributed by atoms with Crippen LogP contribution in [0.2, 0.25) is 0 Å².